The minimum absolute atomic E-state index is 0.00398. The van der Waals surface area contributed by atoms with E-state index >= 15 is 0 Å². The number of nitrogens with zero attached hydrogens (tertiary/aromatic N) is 2. The summed E-state index contributed by atoms with van der Waals surface area (Å²) < 4.78 is 0. The van der Waals surface area contributed by atoms with Gasteiger partial charge in [0.25, 0.3) is 0 Å². The van der Waals surface area contributed by atoms with Gasteiger partial charge in [0.2, 0.25) is 5.91 Å². The van der Waals surface area contributed by atoms with Crippen LogP contribution in [0.15, 0.2) is 79.3 Å². The monoisotopic (exact) mass is 317 g/mol. The summed E-state index contributed by atoms with van der Waals surface area (Å²) in [6.07, 6.45) is 5.81. The van der Waals surface area contributed by atoms with Crippen molar-refractivity contribution in [3.05, 3.63) is 96.1 Å². The van der Waals surface area contributed by atoms with Crippen LogP contribution in [0.25, 0.3) is 0 Å². The van der Waals surface area contributed by atoms with Crippen LogP contribution in [0, 0.1) is 0 Å². The lowest BCUT2D eigenvalue weighted by molar-refractivity contribution is -0.122. The number of pyridine rings is 2. The third kappa shape index (κ3) is 4.26. The van der Waals surface area contributed by atoms with Gasteiger partial charge in [0.1, 0.15) is 0 Å². The highest BCUT2D eigenvalue weighted by Gasteiger charge is 2.21. The summed E-state index contributed by atoms with van der Waals surface area (Å²) in [7, 11) is 0. The molecule has 4 heteroatoms. The van der Waals surface area contributed by atoms with Crippen molar-refractivity contribution < 1.29 is 4.79 Å². The van der Waals surface area contributed by atoms with Crippen LogP contribution in [0.1, 0.15) is 22.7 Å². The Labute approximate surface area is 141 Å². The Hall–Kier alpha value is -3.01. The van der Waals surface area contributed by atoms with E-state index in [1.54, 1.807) is 18.6 Å². The normalized spacial score (nSPS) is 11.7. The highest BCUT2D eigenvalue weighted by molar-refractivity contribution is 5.83. The first-order valence-electron chi connectivity index (χ1n) is 7.94. The molecule has 1 amide bonds. The Balaban J connectivity index is 1.75. The number of benzene rings is 1. The maximum absolute atomic E-state index is 12.8. The lowest BCUT2D eigenvalue weighted by Crippen LogP contribution is -2.30. The molecule has 0 aliphatic heterocycles. The lowest BCUT2D eigenvalue weighted by Gasteiger charge is -2.17. The SMILES string of the molecule is O=C(NCc1cccnc1)C(Cc1ccccn1)c1ccccc1. The van der Waals surface area contributed by atoms with E-state index in [2.05, 4.69) is 15.3 Å². The number of hydrogen-bond acceptors (Lipinski definition) is 3. The summed E-state index contributed by atoms with van der Waals surface area (Å²) in [6, 6.07) is 19.4. The van der Waals surface area contributed by atoms with Gasteiger partial charge < -0.3 is 5.32 Å². The summed E-state index contributed by atoms with van der Waals surface area (Å²) in [4.78, 5) is 21.2. The van der Waals surface area contributed by atoms with Crippen molar-refractivity contribution in [2.75, 3.05) is 0 Å². The largest absolute Gasteiger partial charge is 0.351 e. The van der Waals surface area contributed by atoms with Crippen LogP contribution < -0.4 is 5.32 Å². The molecule has 3 rings (SSSR count). The predicted molar refractivity (Wildman–Crippen MR) is 93.2 cm³/mol. The van der Waals surface area contributed by atoms with E-state index < -0.39 is 0 Å². The molecular formula is C20H19N3O. The smallest absolute Gasteiger partial charge is 0.228 e. The number of rotatable bonds is 6. The first kappa shape index (κ1) is 15.9. The average molecular weight is 317 g/mol. The molecular weight excluding hydrogens is 298 g/mol. The van der Waals surface area contributed by atoms with E-state index in [-0.39, 0.29) is 11.8 Å². The average Bonchev–Trinajstić information content (AvgIpc) is 2.66. The van der Waals surface area contributed by atoms with Crippen LogP contribution in [0.5, 0.6) is 0 Å². The van der Waals surface area contributed by atoms with Crippen LogP contribution in [0.2, 0.25) is 0 Å². The Morgan fingerprint density at radius 1 is 0.958 bits per heavy atom. The number of hydrogen-bond donors (Lipinski definition) is 1. The van der Waals surface area contributed by atoms with E-state index in [1.165, 1.54) is 0 Å². The van der Waals surface area contributed by atoms with Crippen molar-refractivity contribution >= 4 is 5.91 Å². The minimum atomic E-state index is -0.266. The first-order valence-corrected chi connectivity index (χ1v) is 7.94. The minimum Gasteiger partial charge on any atom is -0.351 e. The summed E-state index contributed by atoms with van der Waals surface area (Å²) in [6.45, 7) is 0.470. The van der Waals surface area contributed by atoms with Crippen LogP contribution >= 0.6 is 0 Å². The molecule has 0 aliphatic carbocycles. The van der Waals surface area contributed by atoms with Crippen molar-refractivity contribution in [1.29, 1.82) is 0 Å². The van der Waals surface area contributed by atoms with Gasteiger partial charge in [-0.15, -0.1) is 0 Å². The standard InChI is InChI=1S/C20H19N3O/c24-20(23-15-16-7-6-11-21-14-16)19(17-8-2-1-3-9-17)13-18-10-4-5-12-22-18/h1-12,14,19H,13,15H2,(H,23,24). The van der Waals surface area contributed by atoms with E-state index in [4.69, 9.17) is 0 Å². The number of carbonyl (C=O) groups excluding carboxylic acids is 1. The van der Waals surface area contributed by atoms with Crippen molar-refractivity contribution in [2.24, 2.45) is 0 Å². The first-order chi connectivity index (χ1) is 11.8. The second kappa shape index (κ2) is 8.02. The summed E-state index contributed by atoms with van der Waals surface area (Å²) in [5, 5.41) is 3.01. The third-order valence-corrected chi connectivity index (χ3v) is 3.85. The lowest BCUT2D eigenvalue weighted by atomic mass is 9.93. The molecule has 0 saturated carbocycles. The molecule has 120 valence electrons. The van der Waals surface area contributed by atoms with E-state index in [0.29, 0.717) is 13.0 Å². The molecule has 2 aromatic heterocycles. The molecule has 0 fully saturated rings. The fourth-order valence-electron chi connectivity index (χ4n) is 2.59. The summed E-state index contributed by atoms with van der Waals surface area (Å²) in [5.41, 5.74) is 2.88. The Morgan fingerprint density at radius 3 is 2.50 bits per heavy atom. The summed E-state index contributed by atoms with van der Waals surface area (Å²) in [5.74, 6) is -0.270. The maximum atomic E-state index is 12.8. The van der Waals surface area contributed by atoms with Crippen LogP contribution in [0.4, 0.5) is 0 Å². The zero-order valence-corrected chi connectivity index (χ0v) is 13.3. The Bertz CT molecular complexity index is 761. The molecule has 24 heavy (non-hydrogen) atoms. The fraction of sp³-hybridized carbons (Fsp3) is 0.150. The Morgan fingerprint density at radius 2 is 1.79 bits per heavy atom. The van der Waals surface area contributed by atoms with Gasteiger partial charge in [0.05, 0.1) is 5.92 Å². The molecule has 1 N–H and O–H groups in total. The van der Waals surface area contributed by atoms with E-state index in [1.807, 2.05) is 60.7 Å². The van der Waals surface area contributed by atoms with Crippen molar-refractivity contribution in [3.63, 3.8) is 0 Å². The van der Waals surface area contributed by atoms with Crippen molar-refractivity contribution in [2.45, 2.75) is 18.9 Å². The molecule has 4 nitrogen and oxygen atoms in total. The Kier molecular flexibility index (Phi) is 5.30. The molecule has 1 atom stereocenters. The highest BCUT2D eigenvalue weighted by atomic mass is 16.1. The van der Waals surface area contributed by atoms with Crippen LogP contribution in [-0.2, 0) is 17.8 Å². The number of carbonyl (C=O) groups is 1. The van der Waals surface area contributed by atoms with E-state index in [9.17, 15) is 4.79 Å². The molecule has 0 aliphatic rings. The predicted octanol–water partition coefficient (Wildman–Crippen LogP) is 3.12. The van der Waals surface area contributed by atoms with Gasteiger partial charge in [-0.1, -0.05) is 42.5 Å². The molecule has 1 unspecified atom stereocenters. The number of nitrogens with one attached hydrogen (secondary N) is 1. The van der Waals surface area contributed by atoms with Gasteiger partial charge in [0, 0.05) is 37.3 Å². The molecule has 0 saturated heterocycles. The fourth-order valence-corrected chi connectivity index (χ4v) is 2.59. The third-order valence-electron chi connectivity index (χ3n) is 3.85. The zero-order chi connectivity index (χ0) is 16.6. The molecule has 0 spiro atoms. The molecule has 3 aromatic rings. The van der Waals surface area contributed by atoms with Gasteiger partial charge in [-0.2, -0.15) is 0 Å². The van der Waals surface area contributed by atoms with Gasteiger partial charge in [-0.25, -0.2) is 0 Å². The summed E-state index contributed by atoms with van der Waals surface area (Å²) >= 11 is 0. The zero-order valence-electron chi connectivity index (χ0n) is 13.3. The topological polar surface area (TPSA) is 54.9 Å². The number of aromatic nitrogens is 2. The highest BCUT2D eigenvalue weighted by Crippen LogP contribution is 2.20. The maximum Gasteiger partial charge on any atom is 0.228 e. The number of amides is 1. The van der Waals surface area contributed by atoms with Crippen LogP contribution in [0.3, 0.4) is 0 Å². The molecule has 2 heterocycles. The second-order valence-electron chi connectivity index (χ2n) is 5.57. The molecule has 1 aromatic carbocycles. The van der Waals surface area contributed by atoms with Gasteiger partial charge in [0.15, 0.2) is 0 Å². The van der Waals surface area contributed by atoms with Gasteiger partial charge in [-0.05, 0) is 29.3 Å². The quantitative estimate of drug-likeness (QED) is 0.760. The van der Waals surface area contributed by atoms with Crippen molar-refractivity contribution in [3.8, 4) is 0 Å². The van der Waals surface area contributed by atoms with Gasteiger partial charge >= 0.3 is 0 Å². The van der Waals surface area contributed by atoms with Gasteiger partial charge in [-0.3, -0.25) is 14.8 Å². The molecule has 0 radical (unpaired) electrons. The van der Waals surface area contributed by atoms with Crippen molar-refractivity contribution in [1.82, 2.24) is 15.3 Å². The second-order valence-corrected chi connectivity index (χ2v) is 5.57. The molecule has 0 bridgehead atoms. The van der Waals surface area contributed by atoms with Crippen LogP contribution in [-0.4, -0.2) is 15.9 Å². The van der Waals surface area contributed by atoms with E-state index in [0.717, 1.165) is 16.8 Å².